The van der Waals surface area contributed by atoms with Gasteiger partial charge < -0.3 is 10.2 Å². The van der Waals surface area contributed by atoms with Crippen LogP contribution in [-0.2, 0) is 6.54 Å². The highest BCUT2D eigenvalue weighted by Crippen LogP contribution is 2.14. The van der Waals surface area contributed by atoms with E-state index in [0.717, 1.165) is 24.1 Å². The van der Waals surface area contributed by atoms with Gasteiger partial charge in [-0.15, -0.1) is 0 Å². The zero-order valence-electron chi connectivity index (χ0n) is 12.1. The van der Waals surface area contributed by atoms with E-state index in [1.165, 1.54) is 16.8 Å². The number of nitrogens with one attached hydrogen (secondary N) is 1. The normalized spacial score (nSPS) is 10.8. The lowest BCUT2D eigenvalue weighted by molar-refractivity contribution is 0.340. The van der Waals surface area contributed by atoms with Crippen molar-refractivity contribution in [1.82, 2.24) is 4.90 Å². The Hall–Kier alpha value is -1.32. The fourth-order valence-electron chi connectivity index (χ4n) is 2.18. The third-order valence-corrected chi connectivity index (χ3v) is 3.79. The lowest BCUT2D eigenvalue weighted by atomic mass is 10.2. The van der Waals surface area contributed by atoms with Gasteiger partial charge in [0.2, 0.25) is 0 Å². The van der Waals surface area contributed by atoms with Crippen LogP contribution < -0.4 is 5.32 Å². The Kier molecular flexibility index (Phi) is 5.62. The van der Waals surface area contributed by atoms with E-state index in [2.05, 4.69) is 88.6 Å². The second-order valence-electron chi connectivity index (χ2n) is 5.11. The molecule has 2 aromatic rings. The Bertz CT molecular complexity index is 554. The maximum absolute atomic E-state index is 3.51. The summed E-state index contributed by atoms with van der Waals surface area (Å²) in [5.41, 5.74) is 3.85. The average Bonchev–Trinajstić information content (AvgIpc) is 2.41. The number of benzene rings is 2. The smallest absolute Gasteiger partial charge is 0.0370 e. The van der Waals surface area contributed by atoms with E-state index in [1.807, 2.05) is 0 Å². The lowest BCUT2D eigenvalue weighted by Gasteiger charge is -2.18. The average molecular weight is 333 g/mol. The molecular formula is C17H21BrN2. The van der Waals surface area contributed by atoms with Crippen LogP contribution >= 0.6 is 15.9 Å². The summed E-state index contributed by atoms with van der Waals surface area (Å²) >= 11 is 3.51. The summed E-state index contributed by atoms with van der Waals surface area (Å²) in [6.07, 6.45) is 0. The Morgan fingerprint density at radius 2 is 1.90 bits per heavy atom. The summed E-state index contributed by atoms with van der Waals surface area (Å²) in [7, 11) is 2.15. The van der Waals surface area contributed by atoms with Crippen LogP contribution in [0.4, 0.5) is 5.69 Å². The van der Waals surface area contributed by atoms with Gasteiger partial charge in [-0.1, -0.05) is 46.3 Å². The van der Waals surface area contributed by atoms with Crippen LogP contribution in [0.25, 0.3) is 0 Å². The number of rotatable bonds is 6. The van der Waals surface area contributed by atoms with Crippen molar-refractivity contribution in [3.05, 3.63) is 64.1 Å². The third-order valence-electron chi connectivity index (χ3n) is 3.30. The van der Waals surface area contributed by atoms with Crippen molar-refractivity contribution in [2.24, 2.45) is 0 Å². The van der Waals surface area contributed by atoms with Crippen molar-refractivity contribution in [3.8, 4) is 0 Å². The number of nitrogens with zero attached hydrogens (tertiary/aromatic N) is 1. The largest absolute Gasteiger partial charge is 0.384 e. The van der Waals surface area contributed by atoms with E-state index in [4.69, 9.17) is 0 Å². The topological polar surface area (TPSA) is 15.3 Å². The SMILES string of the molecule is Cc1ccccc1NCCN(C)Cc1cccc(Br)c1. The minimum absolute atomic E-state index is 0.954. The van der Waals surface area contributed by atoms with Gasteiger partial charge in [0.1, 0.15) is 0 Å². The fraction of sp³-hybridized carbons (Fsp3) is 0.294. The maximum atomic E-state index is 3.51. The van der Waals surface area contributed by atoms with E-state index < -0.39 is 0 Å². The van der Waals surface area contributed by atoms with E-state index in [-0.39, 0.29) is 0 Å². The molecule has 2 nitrogen and oxygen atoms in total. The summed E-state index contributed by atoms with van der Waals surface area (Å²) in [4.78, 5) is 2.33. The maximum Gasteiger partial charge on any atom is 0.0370 e. The van der Waals surface area contributed by atoms with Crippen LogP contribution in [0.2, 0.25) is 0 Å². The Morgan fingerprint density at radius 1 is 1.10 bits per heavy atom. The molecule has 0 atom stereocenters. The first kappa shape index (κ1) is 15.1. The van der Waals surface area contributed by atoms with Crippen LogP contribution in [0.1, 0.15) is 11.1 Å². The molecule has 0 fully saturated rings. The zero-order valence-corrected chi connectivity index (χ0v) is 13.7. The van der Waals surface area contributed by atoms with Gasteiger partial charge >= 0.3 is 0 Å². The molecule has 0 amide bonds. The van der Waals surface area contributed by atoms with Gasteiger partial charge in [0, 0.05) is 29.8 Å². The summed E-state index contributed by atoms with van der Waals surface area (Å²) < 4.78 is 1.14. The number of aryl methyl sites for hydroxylation is 1. The first-order valence-electron chi connectivity index (χ1n) is 6.87. The summed E-state index contributed by atoms with van der Waals surface area (Å²) in [5, 5.41) is 3.49. The van der Waals surface area contributed by atoms with Crippen LogP contribution in [0.5, 0.6) is 0 Å². The Balaban J connectivity index is 1.78. The minimum Gasteiger partial charge on any atom is -0.384 e. The van der Waals surface area contributed by atoms with Crippen LogP contribution in [-0.4, -0.2) is 25.0 Å². The van der Waals surface area contributed by atoms with Gasteiger partial charge in [-0.25, -0.2) is 0 Å². The number of para-hydroxylation sites is 1. The highest BCUT2D eigenvalue weighted by molar-refractivity contribution is 9.10. The third kappa shape index (κ3) is 4.66. The quantitative estimate of drug-likeness (QED) is 0.848. The first-order valence-corrected chi connectivity index (χ1v) is 7.67. The molecule has 0 spiro atoms. The van der Waals surface area contributed by atoms with E-state index in [1.54, 1.807) is 0 Å². The Morgan fingerprint density at radius 3 is 2.65 bits per heavy atom. The van der Waals surface area contributed by atoms with Gasteiger partial charge in [-0.2, -0.15) is 0 Å². The van der Waals surface area contributed by atoms with Crippen molar-refractivity contribution < 1.29 is 0 Å². The lowest BCUT2D eigenvalue weighted by Crippen LogP contribution is -2.24. The predicted molar refractivity (Wildman–Crippen MR) is 90.1 cm³/mol. The highest BCUT2D eigenvalue weighted by Gasteiger charge is 2.01. The Labute approximate surface area is 129 Å². The van der Waals surface area contributed by atoms with Crippen LogP contribution in [0.15, 0.2) is 53.0 Å². The summed E-state index contributed by atoms with van der Waals surface area (Å²) in [6.45, 7) is 5.07. The van der Waals surface area contributed by atoms with Crippen molar-refractivity contribution in [2.75, 3.05) is 25.5 Å². The molecule has 2 rings (SSSR count). The van der Waals surface area contributed by atoms with Crippen LogP contribution in [0.3, 0.4) is 0 Å². The molecule has 0 saturated carbocycles. The molecule has 0 heterocycles. The van der Waals surface area contributed by atoms with Gasteiger partial charge in [-0.05, 0) is 43.3 Å². The van der Waals surface area contributed by atoms with Gasteiger partial charge in [0.15, 0.2) is 0 Å². The van der Waals surface area contributed by atoms with Crippen molar-refractivity contribution in [3.63, 3.8) is 0 Å². The first-order chi connectivity index (χ1) is 9.65. The molecule has 0 aliphatic heterocycles. The molecule has 3 heteroatoms. The molecule has 0 aliphatic rings. The van der Waals surface area contributed by atoms with E-state index in [9.17, 15) is 0 Å². The van der Waals surface area contributed by atoms with Gasteiger partial charge in [-0.3, -0.25) is 0 Å². The van der Waals surface area contributed by atoms with E-state index >= 15 is 0 Å². The molecule has 0 aromatic heterocycles. The molecule has 0 saturated heterocycles. The monoisotopic (exact) mass is 332 g/mol. The van der Waals surface area contributed by atoms with Gasteiger partial charge in [0.25, 0.3) is 0 Å². The second-order valence-corrected chi connectivity index (χ2v) is 6.03. The molecule has 0 bridgehead atoms. The van der Waals surface area contributed by atoms with Crippen LogP contribution in [0, 0.1) is 6.92 Å². The van der Waals surface area contributed by atoms with Crippen molar-refractivity contribution in [2.45, 2.75) is 13.5 Å². The fourth-order valence-corrected chi connectivity index (χ4v) is 2.63. The number of hydrogen-bond acceptors (Lipinski definition) is 2. The molecule has 0 aliphatic carbocycles. The summed E-state index contributed by atoms with van der Waals surface area (Å²) in [5.74, 6) is 0. The molecule has 2 aromatic carbocycles. The molecular weight excluding hydrogens is 312 g/mol. The molecule has 1 N–H and O–H groups in total. The predicted octanol–water partition coefficient (Wildman–Crippen LogP) is 4.30. The highest BCUT2D eigenvalue weighted by atomic mass is 79.9. The molecule has 106 valence electrons. The number of halogens is 1. The molecule has 0 radical (unpaired) electrons. The molecule has 20 heavy (non-hydrogen) atoms. The standard InChI is InChI=1S/C17H21BrN2/c1-14-6-3-4-9-17(14)19-10-11-20(2)13-15-7-5-8-16(18)12-15/h3-9,12,19H,10-11,13H2,1-2H3. The number of hydrogen-bond donors (Lipinski definition) is 1. The number of anilines is 1. The van der Waals surface area contributed by atoms with Gasteiger partial charge in [0.05, 0.1) is 0 Å². The van der Waals surface area contributed by atoms with Crippen molar-refractivity contribution >= 4 is 21.6 Å². The molecule has 0 unspecified atom stereocenters. The minimum atomic E-state index is 0.954. The number of likely N-dealkylation sites (N-methyl/N-ethyl adjacent to an activating group) is 1. The zero-order chi connectivity index (χ0) is 14.4. The van der Waals surface area contributed by atoms with Crippen molar-refractivity contribution in [1.29, 1.82) is 0 Å². The second kappa shape index (κ2) is 7.46. The summed E-state index contributed by atoms with van der Waals surface area (Å²) in [6, 6.07) is 16.9. The van der Waals surface area contributed by atoms with E-state index in [0.29, 0.717) is 0 Å².